The van der Waals surface area contributed by atoms with E-state index in [-0.39, 0.29) is 21.9 Å². The molecule has 1 aromatic carbocycles. The van der Waals surface area contributed by atoms with E-state index in [1.165, 1.54) is 0 Å². The lowest BCUT2D eigenvalue weighted by atomic mass is 10.0. The van der Waals surface area contributed by atoms with Crippen LogP contribution in [0.1, 0.15) is 41.6 Å². The van der Waals surface area contributed by atoms with Gasteiger partial charge in [0, 0.05) is 29.9 Å². The molecule has 27 heavy (non-hydrogen) atoms. The lowest BCUT2D eigenvalue weighted by Crippen LogP contribution is -2.52. The average Bonchev–Trinajstić information content (AvgIpc) is 3.09. The molecule has 2 saturated heterocycles. The van der Waals surface area contributed by atoms with Gasteiger partial charge in [0.2, 0.25) is 5.91 Å². The topological polar surface area (TPSA) is 61.9 Å². The molecule has 7 heteroatoms. The van der Waals surface area contributed by atoms with E-state index in [1.54, 1.807) is 16.7 Å². The van der Waals surface area contributed by atoms with Gasteiger partial charge in [-0.1, -0.05) is 18.2 Å². The van der Waals surface area contributed by atoms with Crippen molar-refractivity contribution in [1.82, 2.24) is 15.1 Å². The second kappa shape index (κ2) is 7.45. The number of fused-ring (bicyclic) bond motifs is 3. The standard InChI is InChI=1S/C20H27N3O3S/c1-20(2)16(17(24)21-8-5-9-22-10-12-26-13-11-22)23-18(25)14-6-3-4-7-15(14)19(23)27-20/h3-4,6-7,16,19H,5,8-13H2,1-2H3,(H,21,24)/t16-,19+/m1/s1. The largest absolute Gasteiger partial charge is 0.379 e. The predicted octanol–water partition coefficient (Wildman–Crippen LogP) is 1.87. The van der Waals surface area contributed by atoms with Gasteiger partial charge in [0.15, 0.2) is 0 Å². The van der Waals surface area contributed by atoms with Crippen molar-refractivity contribution in [2.75, 3.05) is 39.4 Å². The van der Waals surface area contributed by atoms with E-state index in [2.05, 4.69) is 24.1 Å². The molecule has 4 rings (SSSR count). The minimum absolute atomic E-state index is 0.0258. The van der Waals surface area contributed by atoms with Gasteiger partial charge in [-0.25, -0.2) is 0 Å². The summed E-state index contributed by atoms with van der Waals surface area (Å²) < 4.78 is 5.04. The molecule has 1 aromatic rings. The van der Waals surface area contributed by atoms with Crippen molar-refractivity contribution in [3.05, 3.63) is 35.4 Å². The van der Waals surface area contributed by atoms with Gasteiger partial charge in [-0.3, -0.25) is 14.5 Å². The van der Waals surface area contributed by atoms with E-state index in [4.69, 9.17) is 4.74 Å². The summed E-state index contributed by atoms with van der Waals surface area (Å²) >= 11 is 1.71. The molecular formula is C20H27N3O3S. The second-order valence-electron chi connectivity index (χ2n) is 7.87. The van der Waals surface area contributed by atoms with Gasteiger partial charge in [-0.15, -0.1) is 11.8 Å². The Kier molecular flexibility index (Phi) is 5.18. The maximum Gasteiger partial charge on any atom is 0.256 e. The quantitative estimate of drug-likeness (QED) is 0.779. The molecule has 146 valence electrons. The van der Waals surface area contributed by atoms with Crippen molar-refractivity contribution in [2.24, 2.45) is 0 Å². The molecule has 2 amide bonds. The number of benzene rings is 1. The molecule has 0 spiro atoms. The van der Waals surface area contributed by atoms with E-state index < -0.39 is 6.04 Å². The first-order valence-electron chi connectivity index (χ1n) is 9.66. The zero-order chi connectivity index (χ0) is 19.0. The van der Waals surface area contributed by atoms with Gasteiger partial charge < -0.3 is 15.0 Å². The van der Waals surface area contributed by atoms with Crippen LogP contribution in [0.4, 0.5) is 0 Å². The molecule has 0 aromatic heterocycles. The van der Waals surface area contributed by atoms with E-state index >= 15 is 0 Å². The lowest BCUT2D eigenvalue weighted by molar-refractivity contribution is -0.126. The molecule has 3 aliphatic heterocycles. The number of hydrogen-bond acceptors (Lipinski definition) is 5. The maximum absolute atomic E-state index is 13.0. The molecule has 0 saturated carbocycles. The number of nitrogens with one attached hydrogen (secondary N) is 1. The van der Waals surface area contributed by atoms with Crippen molar-refractivity contribution in [3.63, 3.8) is 0 Å². The van der Waals surface area contributed by atoms with Crippen LogP contribution in [0.25, 0.3) is 0 Å². The molecule has 0 aliphatic carbocycles. The molecule has 0 unspecified atom stereocenters. The molecular weight excluding hydrogens is 362 g/mol. The van der Waals surface area contributed by atoms with Crippen molar-refractivity contribution >= 4 is 23.6 Å². The smallest absolute Gasteiger partial charge is 0.256 e. The van der Waals surface area contributed by atoms with Gasteiger partial charge in [0.1, 0.15) is 11.4 Å². The Morgan fingerprint density at radius 2 is 2.04 bits per heavy atom. The van der Waals surface area contributed by atoms with Crippen LogP contribution < -0.4 is 5.32 Å². The van der Waals surface area contributed by atoms with Crippen LogP contribution in [0.2, 0.25) is 0 Å². The Hall–Kier alpha value is -1.57. The fraction of sp³-hybridized carbons (Fsp3) is 0.600. The number of thioether (sulfide) groups is 1. The molecule has 2 fully saturated rings. The second-order valence-corrected chi connectivity index (χ2v) is 9.61. The highest BCUT2D eigenvalue weighted by Crippen LogP contribution is 2.56. The Balaban J connectivity index is 1.39. The van der Waals surface area contributed by atoms with Crippen LogP contribution in [0.3, 0.4) is 0 Å². The lowest BCUT2D eigenvalue weighted by Gasteiger charge is -2.30. The fourth-order valence-electron chi connectivity index (χ4n) is 4.24. The summed E-state index contributed by atoms with van der Waals surface area (Å²) in [5, 5.41) is 3.01. The summed E-state index contributed by atoms with van der Waals surface area (Å²) in [5.74, 6) is -0.0692. The first-order valence-corrected chi connectivity index (χ1v) is 10.5. The first-order chi connectivity index (χ1) is 13.0. The van der Waals surface area contributed by atoms with E-state index in [0.29, 0.717) is 6.54 Å². The summed E-state index contributed by atoms with van der Waals surface area (Å²) in [6.07, 6.45) is 0.906. The number of carbonyl (C=O) groups excluding carboxylic acids is 2. The molecule has 2 atom stereocenters. The van der Waals surface area contributed by atoms with Crippen molar-refractivity contribution in [1.29, 1.82) is 0 Å². The molecule has 3 aliphatic rings. The summed E-state index contributed by atoms with van der Waals surface area (Å²) in [7, 11) is 0. The number of nitrogens with zero attached hydrogens (tertiary/aromatic N) is 2. The normalized spacial score (nSPS) is 26.7. The van der Waals surface area contributed by atoms with Crippen LogP contribution in [-0.4, -0.2) is 71.8 Å². The molecule has 0 bridgehead atoms. The fourth-order valence-corrected chi connectivity index (χ4v) is 5.83. The van der Waals surface area contributed by atoms with Gasteiger partial charge >= 0.3 is 0 Å². The van der Waals surface area contributed by atoms with Crippen molar-refractivity contribution in [3.8, 4) is 0 Å². The third-order valence-electron chi connectivity index (χ3n) is 5.60. The molecule has 6 nitrogen and oxygen atoms in total. The van der Waals surface area contributed by atoms with E-state index in [0.717, 1.165) is 50.4 Å². The van der Waals surface area contributed by atoms with Crippen LogP contribution in [0.15, 0.2) is 24.3 Å². The minimum atomic E-state index is -0.448. The number of ether oxygens (including phenoxy) is 1. The van der Waals surface area contributed by atoms with Gasteiger partial charge in [0.25, 0.3) is 5.91 Å². The number of rotatable bonds is 5. The first kappa shape index (κ1) is 18.8. The van der Waals surface area contributed by atoms with Gasteiger partial charge in [-0.05, 0) is 38.4 Å². The highest BCUT2D eigenvalue weighted by molar-refractivity contribution is 8.01. The number of amides is 2. The van der Waals surface area contributed by atoms with Crippen LogP contribution in [0.5, 0.6) is 0 Å². The van der Waals surface area contributed by atoms with Crippen molar-refractivity contribution < 1.29 is 14.3 Å². The summed E-state index contributed by atoms with van der Waals surface area (Å²) in [6, 6.07) is 7.26. The SMILES string of the molecule is CC1(C)S[C@H]2c3ccccc3C(=O)N2[C@@H]1C(=O)NCCCN1CCOCC1. The number of hydrogen-bond donors (Lipinski definition) is 1. The third-order valence-corrected chi connectivity index (χ3v) is 7.13. The predicted molar refractivity (Wildman–Crippen MR) is 106 cm³/mol. The van der Waals surface area contributed by atoms with E-state index in [9.17, 15) is 9.59 Å². The highest BCUT2D eigenvalue weighted by atomic mass is 32.2. The minimum Gasteiger partial charge on any atom is -0.379 e. The van der Waals surface area contributed by atoms with Crippen molar-refractivity contribution in [2.45, 2.75) is 36.4 Å². The Morgan fingerprint density at radius 3 is 2.81 bits per heavy atom. The average molecular weight is 390 g/mol. The summed E-state index contributed by atoms with van der Waals surface area (Å²) in [4.78, 5) is 30.1. The number of morpholine rings is 1. The molecule has 3 heterocycles. The van der Waals surface area contributed by atoms with Crippen LogP contribution in [-0.2, 0) is 9.53 Å². The molecule has 0 radical (unpaired) electrons. The molecule has 1 N–H and O–H groups in total. The Bertz CT molecular complexity index is 733. The van der Waals surface area contributed by atoms with Crippen LogP contribution in [0, 0.1) is 0 Å². The van der Waals surface area contributed by atoms with Gasteiger partial charge in [0.05, 0.1) is 13.2 Å². The zero-order valence-corrected chi connectivity index (χ0v) is 16.8. The number of carbonyl (C=O) groups is 2. The highest BCUT2D eigenvalue weighted by Gasteiger charge is 2.57. The Labute approximate surface area is 164 Å². The zero-order valence-electron chi connectivity index (χ0n) is 15.9. The maximum atomic E-state index is 13.0. The van der Waals surface area contributed by atoms with Crippen LogP contribution >= 0.6 is 11.8 Å². The summed E-state index contributed by atoms with van der Waals surface area (Å²) in [5.41, 5.74) is 1.76. The third kappa shape index (κ3) is 3.48. The Morgan fingerprint density at radius 1 is 1.30 bits per heavy atom. The monoisotopic (exact) mass is 389 g/mol. The summed E-state index contributed by atoms with van der Waals surface area (Å²) in [6.45, 7) is 9.21. The van der Waals surface area contributed by atoms with E-state index in [1.807, 2.05) is 24.3 Å². The van der Waals surface area contributed by atoms with Gasteiger partial charge in [-0.2, -0.15) is 0 Å².